The molecule has 1 N–H and O–H groups in total. The summed E-state index contributed by atoms with van der Waals surface area (Å²) < 4.78 is 49.9. The number of nitrogens with one attached hydrogen (secondary N) is 1. The van der Waals surface area contributed by atoms with Crippen molar-refractivity contribution in [2.24, 2.45) is 0 Å². The minimum absolute atomic E-state index is 0.170. The standard InChI is InChI=1S/C21H16ClF3N2O3/c1-12-6-7-13(22)10-17(12)26-19-16(8-9-18(27-19)21(23,24)25)20(28)30-15-5-3-4-14(11-15)29-2/h3-11H,1-2H3,(H,26,27). The Morgan fingerprint density at radius 3 is 2.50 bits per heavy atom. The molecule has 3 rings (SSSR count). The molecule has 0 aliphatic rings. The van der Waals surface area contributed by atoms with E-state index in [1.54, 1.807) is 31.2 Å². The van der Waals surface area contributed by atoms with Crippen molar-refractivity contribution >= 4 is 29.1 Å². The number of halogens is 4. The Morgan fingerprint density at radius 2 is 1.80 bits per heavy atom. The highest BCUT2D eigenvalue weighted by atomic mass is 35.5. The first-order chi connectivity index (χ1) is 14.2. The molecule has 3 aromatic rings. The molecule has 30 heavy (non-hydrogen) atoms. The molecule has 5 nitrogen and oxygen atoms in total. The number of carbonyl (C=O) groups excluding carboxylic acids is 1. The molecule has 1 aromatic heterocycles. The Bertz CT molecular complexity index is 1090. The molecule has 2 aromatic carbocycles. The zero-order valence-corrected chi connectivity index (χ0v) is 16.6. The van der Waals surface area contributed by atoms with E-state index in [2.05, 4.69) is 10.3 Å². The summed E-state index contributed by atoms with van der Waals surface area (Å²) in [4.78, 5) is 16.3. The van der Waals surface area contributed by atoms with Gasteiger partial charge in [-0.3, -0.25) is 0 Å². The number of rotatable bonds is 5. The van der Waals surface area contributed by atoms with Crippen LogP contribution in [0.3, 0.4) is 0 Å². The van der Waals surface area contributed by atoms with Crippen molar-refractivity contribution in [3.63, 3.8) is 0 Å². The van der Waals surface area contributed by atoms with Crippen LogP contribution in [0.25, 0.3) is 0 Å². The van der Waals surface area contributed by atoms with Crippen molar-refractivity contribution < 1.29 is 27.4 Å². The van der Waals surface area contributed by atoms with Gasteiger partial charge < -0.3 is 14.8 Å². The molecule has 0 atom stereocenters. The zero-order valence-electron chi connectivity index (χ0n) is 15.9. The maximum absolute atomic E-state index is 13.2. The van der Waals surface area contributed by atoms with Gasteiger partial charge in [0, 0.05) is 16.8 Å². The van der Waals surface area contributed by atoms with Crippen molar-refractivity contribution in [1.29, 1.82) is 0 Å². The van der Waals surface area contributed by atoms with E-state index in [9.17, 15) is 18.0 Å². The third-order valence-corrected chi connectivity index (χ3v) is 4.35. The van der Waals surface area contributed by atoms with E-state index >= 15 is 0 Å². The summed E-state index contributed by atoms with van der Waals surface area (Å²) in [6.45, 7) is 1.74. The monoisotopic (exact) mass is 436 g/mol. The van der Waals surface area contributed by atoms with E-state index in [1.165, 1.54) is 25.3 Å². The largest absolute Gasteiger partial charge is 0.497 e. The lowest BCUT2D eigenvalue weighted by molar-refractivity contribution is -0.141. The second-order valence-corrected chi connectivity index (χ2v) is 6.68. The summed E-state index contributed by atoms with van der Waals surface area (Å²) in [5.74, 6) is -0.558. The normalized spacial score (nSPS) is 11.1. The van der Waals surface area contributed by atoms with Gasteiger partial charge in [-0.05, 0) is 48.9 Å². The molecule has 0 saturated heterocycles. The number of nitrogens with zero attached hydrogens (tertiary/aromatic N) is 1. The number of hydrogen-bond donors (Lipinski definition) is 1. The van der Waals surface area contributed by atoms with Crippen molar-refractivity contribution in [1.82, 2.24) is 4.98 Å². The van der Waals surface area contributed by atoms with E-state index < -0.39 is 17.8 Å². The fourth-order valence-corrected chi connectivity index (χ4v) is 2.73. The van der Waals surface area contributed by atoms with Crippen LogP contribution in [0, 0.1) is 6.92 Å². The number of ether oxygens (including phenoxy) is 2. The molecule has 0 saturated carbocycles. The number of pyridine rings is 1. The van der Waals surface area contributed by atoms with Gasteiger partial charge >= 0.3 is 12.1 Å². The van der Waals surface area contributed by atoms with Crippen molar-refractivity contribution in [2.75, 3.05) is 12.4 Å². The number of esters is 1. The lowest BCUT2D eigenvalue weighted by Gasteiger charge is -2.15. The van der Waals surface area contributed by atoms with Gasteiger partial charge in [0.15, 0.2) is 0 Å². The second kappa shape index (κ2) is 8.62. The van der Waals surface area contributed by atoms with Crippen molar-refractivity contribution in [2.45, 2.75) is 13.1 Å². The quantitative estimate of drug-likeness (QED) is 0.390. The Labute approximate surface area is 175 Å². The van der Waals surface area contributed by atoms with Gasteiger partial charge in [-0.1, -0.05) is 23.7 Å². The Kier molecular flexibility index (Phi) is 6.17. The summed E-state index contributed by atoms with van der Waals surface area (Å²) in [5, 5.41) is 3.13. The number of aryl methyl sites for hydroxylation is 1. The summed E-state index contributed by atoms with van der Waals surface area (Å²) in [5.41, 5.74) is -0.219. The van der Waals surface area contributed by atoms with Gasteiger partial charge in [0.1, 0.15) is 28.6 Å². The van der Waals surface area contributed by atoms with Crippen molar-refractivity contribution in [3.05, 3.63) is 76.4 Å². The van der Waals surface area contributed by atoms with Crippen LogP contribution in [0.4, 0.5) is 24.7 Å². The molecular weight excluding hydrogens is 421 g/mol. The van der Waals surface area contributed by atoms with Crippen molar-refractivity contribution in [3.8, 4) is 11.5 Å². The Morgan fingerprint density at radius 1 is 1.07 bits per heavy atom. The number of benzene rings is 2. The van der Waals surface area contributed by atoms with Crippen LogP contribution >= 0.6 is 11.6 Å². The minimum Gasteiger partial charge on any atom is -0.497 e. The third kappa shape index (κ3) is 5.01. The molecule has 0 radical (unpaired) electrons. The maximum Gasteiger partial charge on any atom is 0.433 e. The average molecular weight is 437 g/mol. The molecule has 1 heterocycles. The molecule has 156 valence electrons. The first kappa shape index (κ1) is 21.4. The van der Waals surface area contributed by atoms with Crippen LogP contribution in [0.1, 0.15) is 21.6 Å². The first-order valence-electron chi connectivity index (χ1n) is 8.65. The van der Waals surface area contributed by atoms with Crippen LogP contribution < -0.4 is 14.8 Å². The van der Waals surface area contributed by atoms with Gasteiger partial charge in [0.05, 0.1) is 7.11 Å². The van der Waals surface area contributed by atoms with E-state index in [0.29, 0.717) is 22.0 Å². The fraction of sp³-hybridized carbons (Fsp3) is 0.143. The van der Waals surface area contributed by atoms with Gasteiger partial charge in [-0.25, -0.2) is 9.78 Å². The predicted octanol–water partition coefficient (Wildman–Crippen LogP) is 6.03. The summed E-state index contributed by atoms with van der Waals surface area (Å²) in [7, 11) is 1.45. The van der Waals surface area contributed by atoms with E-state index in [-0.39, 0.29) is 17.1 Å². The second-order valence-electron chi connectivity index (χ2n) is 6.24. The van der Waals surface area contributed by atoms with E-state index in [1.807, 2.05) is 0 Å². The fourth-order valence-electron chi connectivity index (χ4n) is 2.56. The lowest BCUT2D eigenvalue weighted by Crippen LogP contribution is -2.16. The number of methoxy groups -OCH3 is 1. The number of aromatic nitrogens is 1. The molecule has 0 bridgehead atoms. The summed E-state index contributed by atoms with van der Waals surface area (Å²) >= 11 is 5.98. The van der Waals surface area contributed by atoms with Gasteiger partial charge in [-0.15, -0.1) is 0 Å². The molecule has 0 amide bonds. The molecular formula is C21H16ClF3N2O3. The van der Waals surface area contributed by atoms with Gasteiger partial charge in [-0.2, -0.15) is 13.2 Å². The predicted molar refractivity (Wildman–Crippen MR) is 107 cm³/mol. The Balaban J connectivity index is 2.00. The number of carbonyl (C=O) groups is 1. The topological polar surface area (TPSA) is 60.5 Å². The molecule has 0 fully saturated rings. The van der Waals surface area contributed by atoms with Gasteiger partial charge in [0.2, 0.25) is 0 Å². The van der Waals surface area contributed by atoms with Crippen LogP contribution in [-0.4, -0.2) is 18.1 Å². The van der Waals surface area contributed by atoms with E-state index in [4.69, 9.17) is 21.1 Å². The van der Waals surface area contributed by atoms with E-state index in [0.717, 1.165) is 12.1 Å². The van der Waals surface area contributed by atoms with Crippen LogP contribution in [0.2, 0.25) is 5.02 Å². The van der Waals surface area contributed by atoms with Crippen LogP contribution in [-0.2, 0) is 6.18 Å². The SMILES string of the molecule is COc1cccc(OC(=O)c2ccc(C(F)(F)F)nc2Nc2cc(Cl)ccc2C)c1. The molecule has 0 unspecified atom stereocenters. The minimum atomic E-state index is -4.69. The molecule has 0 aliphatic heterocycles. The zero-order chi connectivity index (χ0) is 21.9. The highest BCUT2D eigenvalue weighted by Crippen LogP contribution is 2.32. The lowest BCUT2D eigenvalue weighted by atomic mass is 10.1. The number of hydrogen-bond acceptors (Lipinski definition) is 5. The summed E-state index contributed by atoms with van der Waals surface area (Å²) in [6, 6.07) is 12.9. The molecule has 0 spiro atoms. The highest BCUT2D eigenvalue weighted by Gasteiger charge is 2.34. The maximum atomic E-state index is 13.2. The molecule has 0 aliphatic carbocycles. The summed E-state index contributed by atoms with van der Waals surface area (Å²) in [6.07, 6.45) is -4.69. The Hall–Kier alpha value is -3.26. The average Bonchev–Trinajstić information content (AvgIpc) is 2.70. The molecule has 9 heteroatoms. The highest BCUT2D eigenvalue weighted by molar-refractivity contribution is 6.30. The first-order valence-corrected chi connectivity index (χ1v) is 9.03. The van der Waals surface area contributed by atoms with Crippen LogP contribution in [0.15, 0.2) is 54.6 Å². The number of alkyl halides is 3. The van der Waals surface area contributed by atoms with Crippen LogP contribution in [0.5, 0.6) is 11.5 Å². The number of anilines is 2. The van der Waals surface area contributed by atoms with Gasteiger partial charge in [0.25, 0.3) is 0 Å². The third-order valence-electron chi connectivity index (χ3n) is 4.11. The smallest absolute Gasteiger partial charge is 0.433 e.